The van der Waals surface area contributed by atoms with Gasteiger partial charge in [-0.05, 0) is 61.0 Å². The minimum Gasteiger partial charge on any atom is -0.490 e. The van der Waals surface area contributed by atoms with Crippen LogP contribution in [-0.2, 0) is 16.2 Å². The number of benzene rings is 3. The summed E-state index contributed by atoms with van der Waals surface area (Å²) in [6, 6.07) is 14.3. The van der Waals surface area contributed by atoms with Gasteiger partial charge in [0.25, 0.3) is 11.8 Å². The van der Waals surface area contributed by atoms with Crippen molar-refractivity contribution in [1.82, 2.24) is 5.32 Å². The fourth-order valence-corrected chi connectivity index (χ4v) is 4.12. The normalized spacial score (nSPS) is 14.4. The Bertz CT molecular complexity index is 1470. The van der Waals surface area contributed by atoms with Crippen LogP contribution in [0.15, 0.2) is 66.2 Å². The van der Waals surface area contributed by atoms with Crippen LogP contribution in [0, 0.1) is 0 Å². The molecule has 0 saturated carbocycles. The number of carboxylic acids is 1. The number of rotatable bonds is 8. The molecule has 1 saturated heterocycles. The first kappa shape index (κ1) is 26.7. The van der Waals surface area contributed by atoms with Gasteiger partial charge in [-0.15, -0.1) is 0 Å². The van der Waals surface area contributed by atoms with E-state index in [2.05, 4.69) is 5.32 Å². The monoisotopic (exact) mass is 554 g/mol. The predicted octanol–water partition coefficient (Wildman–Crippen LogP) is 5.34. The highest BCUT2D eigenvalue weighted by Gasteiger charge is 2.37. The van der Waals surface area contributed by atoms with Crippen molar-refractivity contribution in [3.63, 3.8) is 0 Å². The molecule has 4 amide bonds. The molecule has 9 nitrogen and oxygen atoms in total. The standard InChI is InChI=1S/C27H20Cl2N2O7/c1-2-37-22-13-15(12-21(29)23(22)38-14-17-5-3-4-6-20(17)28)11-19-24(32)30-27(36)31(25(19)33)18-9-7-16(8-10-18)26(34)35/h3-13H,2,14H2,1H3,(H,34,35)(H,30,32,36)/b19-11+. The molecule has 4 rings (SSSR count). The van der Waals surface area contributed by atoms with Gasteiger partial charge in [0, 0.05) is 10.6 Å². The highest BCUT2D eigenvalue weighted by molar-refractivity contribution is 6.39. The van der Waals surface area contributed by atoms with E-state index in [4.69, 9.17) is 37.8 Å². The molecule has 194 valence electrons. The van der Waals surface area contributed by atoms with Crippen molar-refractivity contribution < 1.29 is 33.8 Å². The second-order valence-electron chi connectivity index (χ2n) is 7.95. The van der Waals surface area contributed by atoms with Crippen LogP contribution in [0.25, 0.3) is 6.08 Å². The van der Waals surface area contributed by atoms with E-state index >= 15 is 0 Å². The number of nitrogens with one attached hydrogen (secondary N) is 1. The number of hydrogen-bond acceptors (Lipinski definition) is 6. The van der Waals surface area contributed by atoms with E-state index in [9.17, 15) is 19.2 Å². The lowest BCUT2D eigenvalue weighted by Crippen LogP contribution is -2.54. The van der Waals surface area contributed by atoms with E-state index < -0.39 is 23.8 Å². The summed E-state index contributed by atoms with van der Waals surface area (Å²) < 4.78 is 11.6. The molecule has 1 fully saturated rings. The number of imide groups is 2. The summed E-state index contributed by atoms with van der Waals surface area (Å²) in [7, 11) is 0. The lowest BCUT2D eigenvalue weighted by molar-refractivity contribution is -0.122. The Labute approximate surface area is 227 Å². The number of carboxylic acid groups (broad SMARTS) is 1. The first-order chi connectivity index (χ1) is 18.2. The van der Waals surface area contributed by atoms with Gasteiger partial charge in [0.15, 0.2) is 11.5 Å². The molecule has 3 aromatic rings. The van der Waals surface area contributed by atoms with Gasteiger partial charge in [-0.1, -0.05) is 41.4 Å². The molecule has 1 aliphatic heterocycles. The van der Waals surface area contributed by atoms with Gasteiger partial charge >= 0.3 is 12.0 Å². The van der Waals surface area contributed by atoms with Gasteiger partial charge in [0.2, 0.25) is 0 Å². The summed E-state index contributed by atoms with van der Waals surface area (Å²) in [4.78, 5) is 50.1. The largest absolute Gasteiger partial charge is 0.490 e. The van der Waals surface area contributed by atoms with Gasteiger partial charge in [-0.2, -0.15) is 0 Å². The molecule has 11 heteroatoms. The molecule has 0 radical (unpaired) electrons. The lowest BCUT2D eigenvalue weighted by Gasteiger charge is -2.26. The topological polar surface area (TPSA) is 122 Å². The molecule has 2 N–H and O–H groups in total. The Balaban J connectivity index is 1.66. The zero-order chi connectivity index (χ0) is 27.4. The summed E-state index contributed by atoms with van der Waals surface area (Å²) in [5.41, 5.74) is 0.810. The third kappa shape index (κ3) is 5.64. The average Bonchev–Trinajstić information content (AvgIpc) is 2.87. The van der Waals surface area contributed by atoms with E-state index in [0.717, 1.165) is 10.5 Å². The van der Waals surface area contributed by atoms with E-state index in [1.807, 2.05) is 12.1 Å². The van der Waals surface area contributed by atoms with Gasteiger partial charge in [-0.25, -0.2) is 14.5 Å². The SMILES string of the molecule is CCOc1cc(/C=C2\C(=O)NC(=O)N(c3ccc(C(=O)O)cc3)C2=O)cc(Cl)c1OCc1ccccc1Cl. The van der Waals surface area contributed by atoms with Crippen LogP contribution in [0.5, 0.6) is 11.5 Å². The summed E-state index contributed by atoms with van der Waals surface area (Å²) in [6.45, 7) is 2.18. The molecule has 1 heterocycles. The first-order valence-electron chi connectivity index (χ1n) is 11.3. The maximum Gasteiger partial charge on any atom is 0.335 e. The average molecular weight is 555 g/mol. The Kier molecular flexibility index (Phi) is 7.99. The smallest absolute Gasteiger partial charge is 0.335 e. The van der Waals surface area contributed by atoms with Crippen molar-refractivity contribution in [2.75, 3.05) is 11.5 Å². The van der Waals surface area contributed by atoms with Gasteiger partial charge in [-0.3, -0.25) is 14.9 Å². The van der Waals surface area contributed by atoms with Crippen molar-refractivity contribution in [2.45, 2.75) is 13.5 Å². The van der Waals surface area contributed by atoms with E-state index in [1.165, 1.54) is 36.4 Å². The van der Waals surface area contributed by atoms with Crippen LogP contribution in [0.2, 0.25) is 10.0 Å². The van der Waals surface area contributed by atoms with Gasteiger partial charge in [0.05, 0.1) is 22.9 Å². The minimum atomic E-state index is -1.16. The zero-order valence-electron chi connectivity index (χ0n) is 19.9. The van der Waals surface area contributed by atoms with E-state index in [1.54, 1.807) is 25.1 Å². The second-order valence-corrected chi connectivity index (χ2v) is 8.77. The molecule has 0 spiro atoms. The molecule has 0 unspecified atom stereocenters. The number of urea groups is 1. The van der Waals surface area contributed by atoms with Gasteiger partial charge < -0.3 is 14.6 Å². The summed E-state index contributed by atoms with van der Waals surface area (Å²) in [6.07, 6.45) is 1.27. The Morgan fingerprint density at radius 3 is 2.37 bits per heavy atom. The quantitative estimate of drug-likeness (QED) is 0.284. The molecule has 1 aliphatic rings. The van der Waals surface area contributed by atoms with Crippen molar-refractivity contribution in [3.8, 4) is 11.5 Å². The predicted molar refractivity (Wildman–Crippen MR) is 141 cm³/mol. The highest BCUT2D eigenvalue weighted by atomic mass is 35.5. The van der Waals surface area contributed by atoms with Crippen molar-refractivity contribution in [2.24, 2.45) is 0 Å². The molecule has 3 aromatic carbocycles. The van der Waals surface area contributed by atoms with E-state index in [0.29, 0.717) is 10.6 Å². The first-order valence-corrected chi connectivity index (χ1v) is 12.0. The van der Waals surface area contributed by atoms with Crippen LogP contribution >= 0.6 is 23.2 Å². The maximum atomic E-state index is 13.2. The van der Waals surface area contributed by atoms with Gasteiger partial charge in [0.1, 0.15) is 12.2 Å². The zero-order valence-corrected chi connectivity index (χ0v) is 21.4. The maximum absolute atomic E-state index is 13.2. The number of ether oxygens (including phenoxy) is 2. The third-order valence-corrected chi connectivity index (χ3v) is 6.10. The fourth-order valence-electron chi connectivity index (χ4n) is 3.65. The number of hydrogen-bond donors (Lipinski definition) is 2. The fraction of sp³-hybridized carbons (Fsp3) is 0.111. The summed E-state index contributed by atoms with van der Waals surface area (Å²) in [5.74, 6) is -2.42. The molecule has 0 bridgehead atoms. The van der Waals surface area contributed by atoms with Crippen LogP contribution in [0.1, 0.15) is 28.4 Å². The number of nitrogens with zero attached hydrogens (tertiary/aromatic N) is 1. The third-order valence-electron chi connectivity index (χ3n) is 5.45. The number of barbiturate groups is 1. The number of aromatic carboxylic acids is 1. The number of amides is 4. The molecule has 0 aromatic heterocycles. The number of carbonyl (C=O) groups excluding carboxylic acids is 3. The highest BCUT2D eigenvalue weighted by Crippen LogP contribution is 2.38. The minimum absolute atomic E-state index is 0.0274. The Morgan fingerprint density at radius 2 is 1.71 bits per heavy atom. The molecule has 0 aliphatic carbocycles. The number of halogens is 2. The Morgan fingerprint density at radius 1 is 1.00 bits per heavy atom. The van der Waals surface area contributed by atoms with E-state index in [-0.39, 0.29) is 46.6 Å². The second kappa shape index (κ2) is 11.4. The summed E-state index contributed by atoms with van der Waals surface area (Å²) >= 11 is 12.7. The Hall–Kier alpha value is -4.34. The molecule has 0 atom stereocenters. The van der Waals surface area contributed by atoms with Crippen molar-refractivity contribution >= 4 is 58.8 Å². The van der Waals surface area contributed by atoms with Crippen molar-refractivity contribution in [3.05, 3.63) is 93.0 Å². The molecular weight excluding hydrogens is 535 g/mol. The van der Waals surface area contributed by atoms with Crippen LogP contribution < -0.4 is 19.7 Å². The summed E-state index contributed by atoms with van der Waals surface area (Å²) in [5, 5.41) is 11.9. The molecule has 38 heavy (non-hydrogen) atoms. The van der Waals surface area contributed by atoms with Crippen LogP contribution in [-0.4, -0.2) is 35.5 Å². The van der Waals surface area contributed by atoms with Crippen molar-refractivity contribution in [1.29, 1.82) is 0 Å². The van der Waals surface area contributed by atoms with Crippen LogP contribution in [0.4, 0.5) is 10.5 Å². The molecular formula is C27H20Cl2N2O7. The lowest BCUT2D eigenvalue weighted by atomic mass is 10.1. The van der Waals surface area contributed by atoms with Crippen LogP contribution in [0.3, 0.4) is 0 Å². The number of anilines is 1. The number of carbonyl (C=O) groups is 4.